The first kappa shape index (κ1) is 22.9. The minimum absolute atomic E-state index is 0.0173. The fraction of sp³-hybridized carbons (Fsp3) is 0.389. The summed E-state index contributed by atoms with van der Waals surface area (Å²) in [5.41, 5.74) is 0.177. The number of aromatic nitrogens is 1. The molecule has 11 heteroatoms. The van der Waals surface area contributed by atoms with Crippen molar-refractivity contribution in [3.05, 3.63) is 48.2 Å². The molecule has 2 rings (SSSR count). The fourth-order valence-corrected chi connectivity index (χ4v) is 3.18. The molecule has 1 N–H and O–H groups in total. The van der Waals surface area contributed by atoms with Gasteiger partial charge in [0.1, 0.15) is 12.4 Å². The van der Waals surface area contributed by atoms with Crippen molar-refractivity contribution < 1.29 is 35.8 Å². The first-order valence-electron chi connectivity index (χ1n) is 8.65. The molecule has 0 unspecified atom stereocenters. The van der Waals surface area contributed by atoms with E-state index < -0.39 is 22.8 Å². The Labute approximate surface area is 166 Å². The van der Waals surface area contributed by atoms with Gasteiger partial charge in [-0.1, -0.05) is 6.07 Å². The summed E-state index contributed by atoms with van der Waals surface area (Å²) < 4.78 is 79.4. The van der Waals surface area contributed by atoms with Gasteiger partial charge in [0.2, 0.25) is 15.9 Å². The molecule has 7 nitrogen and oxygen atoms in total. The second-order valence-electron chi connectivity index (χ2n) is 5.71. The second-order valence-corrected chi connectivity index (χ2v) is 7.48. The standard InChI is InChI=1S/C18H21F3N2O5S/c1-2-26-10-11-27-15-5-7-16(8-6-15)29(24,25)23-12-14-4-3-9-22-17(14)28-13-18(19,20)21/h3-9,23H,2,10-13H2,1H3. The molecule has 29 heavy (non-hydrogen) atoms. The van der Waals surface area contributed by atoms with E-state index in [1.807, 2.05) is 6.92 Å². The summed E-state index contributed by atoms with van der Waals surface area (Å²) in [6.07, 6.45) is -3.27. The molecule has 0 radical (unpaired) electrons. The maximum atomic E-state index is 12.4. The first-order chi connectivity index (χ1) is 13.7. The molecule has 0 aliphatic heterocycles. The zero-order valence-corrected chi connectivity index (χ0v) is 16.4. The van der Waals surface area contributed by atoms with Crippen molar-refractivity contribution >= 4 is 10.0 Å². The summed E-state index contributed by atoms with van der Waals surface area (Å²) in [7, 11) is -3.90. The largest absolute Gasteiger partial charge is 0.491 e. The molecule has 0 spiro atoms. The minimum Gasteiger partial charge on any atom is -0.491 e. The molecular weight excluding hydrogens is 413 g/mol. The first-order valence-corrected chi connectivity index (χ1v) is 10.1. The number of nitrogens with one attached hydrogen (secondary N) is 1. The van der Waals surface area contributed by atoms with Crippen molar-refractivity contribution in [3.63, 3.8) is 0 Å². The molecule has 0 saturated heterocycles. The molecule has 160 valence electrons. The monoisotopic (exact) mass is 434 g/mol. The number of nitrogens with zero attached hydrogens (tertiary/aromatic N) is 1. The van der Waals surface area contributed by atoms with Gasteiger partial charge in [-0.15, -0.1) is 0 Å². The van der Waals surface area contributed by atoms with Gasteiger partial charge in [-0.05, 0) is 37.3 Å². The maximum absolute atomic E-state index is 12.4. The zero-order valence-electron chi connectivity index (χ0n) is 15.6. The van der Waals surface area contributed by atoms with Gasteiger partial charge in [0, 0.05) is 24.9 Å². The van der Waals surface area contributed by atoms with Crippen molar-refractivity contribution in [2.24, 2.45) is 0 Å². The molecule has 2 aromatic rings. The number of hydrogen-bond donors (Lipinski definition) is 1. The number of pyridine rings is 1. The van der Waals surface area contributed by atoms with E-state index in [1.54, 1.807) is 0 Å². The summed E-state index contributed by atoms with van der Waals surface area (Å²) in [6.45, 7) is 1.39. The van der Waals surface area contributed by atoms with Crippen LogP contribution in [0.5, 0.6) is 11.6 Å². The Balaban J connectivity index is 1.98. The third-order valence-corrected chi connectivity index (χ3v) is 4.93. The number of alkyl halides is 3. The molecule has 1 heterocycles. The van der Waals surface area contributed by atoms with E-state index in [2.05, 4.69) is 14.4 Å². The lowest BCUT2D eigenvalue weighted by atomic mass is 10.3. The van der Waals surface area contributed by atoms with Crippen LogP contribution in [-0.4, -0.2) is 46.0 Å². The van der Waals surface area contributed by atoms with Crippen LogP contribution in [0.3, 0.4) is 0 Å². The van der Waals surface area contributed by atoms with Crippen molar-refractivity contribution in [1.82, 2.24) is 9.71 Å². The van der Waals surface area contributed by atoms with Crippen LogP contribution in [0, 0.1) is 0 Å². The molecular formula is C18H21F3N2O5S. The Hall–Kier alpha value is -2.37. The Morgan fingerprint density at radius 1 is 1.07 bits per heavy atom. The average Bonchev–Trinajstić information content (AvgIpc) is 2.68. The maximum Gasteiger partial charge on any atom is 0.422 e. The lowest BCUT2D eigenvalue weighted by molar-refractivity contribution is -0.154. The highest BCUT2D eigenvalue weighted by atomic mass is 32.2. The molecule has 0 saturated carbocycles. The van der Waals surface area contributed by atoms with Crippen LogP contribution in [0.15, 0.2) is 47.5 Å². The van der Waals surface area contributed by atoms with Crippen LogP contribution in [0.25, 0.3) is 0 Å². The summed E-state index contributed by atoms with van der Waals surface area (Å²) in [4.78, 5) is 3.71. The molecule has 0 amide bonds. The average molecular weight is 434 g/mol. The smallest absolute Gasteiger partial charge is 0.422 e. The van der Waals surface area contributed by atoms with Gasteiger partial charge in [-0.2, -0.15) is 13.2 Å². The quantitative estimate of drug-likeness (QED) is 0.548. The van der Waals surface area contributed by atoms with Crippen molar-refractivity contribution in [3.8, 4) is 11.6 Å². The predicted octanol–water partition coefficient (Wildman–Crippen LogP) is 2.92. The summed E-state index contributed by atoms with van der Waals surface area (Å²) >= 11 is 0. The molecule has 0 bridgehead atoms. The van der Waals surface area contributed by atoms with E-state index in [9.17, 15) is 21.6 Å². The molecule has 1 aromatic carbocycles. The molecule has 0 aliphatic carbocycles. The van der Waals surface area contributed by atoms with Crippen molar-refractivity contribution in [1.29, 1.82) is 0 Å². The van der Waals surface area contributed by atoms with Gasteiger partial charge in [-0.3, -0.25) is 0 Å². The molecule has 0 atom stereocenters. The summed E-state index contributed by atoms with van der Waals surface area (Å²) in [5.74, 6) is 0.198. The van der Waals surface area contributed by atoms with Gasteiger partial charge in [-0.25, -0.2) is 18.1 Å². The van der Waals surface area contributed by atoms with Gasteiger partial charge in [0.25, 0.3) is 0 Å². The third kappa shape index (κ3) is 7.87. The van der Waals surface area contributed by atoms with E-state index in [1.165, 1.54) is 42.6 Å². The Bertz CT molecular complexity index is 874. The lowest BCUT2D eigenvalue weighted by Crippen LogP contribution is -2.25. The number of ether oxygens (including phenoxy) is 3. The van der Waals surface area contributed by atoms with Crippen LogP contribution in [0.2, 0.25) is 0 Å². The highest BCUT2D eigenvalue weighted by Gasteiger charge is 2.29. The Kier molecular flexibility index (Phi) is 8.23. The second kappa shape index (κ2) is 10.4. The zero-order chi connectivity index (χ0) is 21.3. The highest BCUT2D eigenvalue weighted by Crippen LogP contribution is 2.21. The van der Waals surface area contributed by atoms with Gasteiger partial charge in [0.05, 0.1) is 11.5 Å². The van der Waals surface area contributed by atoms with Gasteiger partial charge in [0.15, 0.2) is 6.61 Å². The van der Waals surface area contributed by atoms with Crippen LogP contribution in [0.4, 0.5) is 13.2 Å². The van der Waals surface area contributed by atoms with Gasteiger partial charge < -0.3 is 14.2 Å². The van der Waals surface area contributed by atoms with Crippen molar-refractivity contribution in [2.45, 2.75) is 24.5 Å². The number of sulfonamides is 1. The molecule has 0 fully saturated rings. The van der Waals surface area contributed by atoms with E-state index in [4.69, 9.17) is 9.47 Å². The normalized spacial score (nSPS) is 12.0. The summed E-state index contributed by atoms with van der Waals surface area (Å²) in [5, 5.41) is 0. The number of halogens is 3. The van der Waals surface area contributed by atoms with E-state index in [0.717, 1.165) is 0 Å². The number of benzene rings is 1. The van der Waals surface area contributed by atoms with Crippen molar-refractivity contribution in [2.75, 3.05) is 26.4 Å². The van der Waals surface area contributed by atoms with Crippen LogP contribution >= 0.6 is 0 Å². The predicted molar refractivity (Wildman–Crippen MR) is 98.2 cm³/mol. The van der Waals surface area contributed by atoms with Gasteiger partial charge >= 0.3 is 6.18 Å². The van der Waals surface area contributed by atoms with Crippen LogP contribution in [0.1, 0.15) is 12.5 Å². The third-order valence-electron chi connectivity index (χ3n) is 3.51. The van der Waals surface area contributed by atoms with E-state index in [0.29, 0.717) is 25.6 Å². The SMILES string of the molecule is CCOCCOc1ccc(S(=O)(=O)NCc2cccnc2OCC(F)(F)F)cc1. The topological polar surface area (TPSA) is 86.8 Å². The van der Waals surface area contributed by atoms with Crippen LogP contribution < -0.4 is 14.2 Å². The minimum atomic E-state index is -4.53. The van der Waals surface area contributed by atoms with Crippen LogP contribution in [-0.2, 0) is 21.3 Å². The molecule has 1 aromatic heterocycles. The lowest BCUT2D eigenvalue weighted by Gasteiger charge is -2.13. The Morgan fingerprint density at radius 2 is 1.79 bits per heavy atom. The number of hydrogen-bond acceptors (Lipinski definition) is 6. The molecule has 0 aliphatic rings. The Morgan fingerprint density at radius 3 is 2.45 bits per heavy atom. The number of rotatable bonds is 11. The summed E-state index contributed by atoms with van der Waals surface area (Å²) in [6, 6.07) is 8.63. The van der Waals surface area contributed by atoms with E-state index in [-0.39, 0.29) is 22.9 Å². The highest BCUT2D eigenvalue weighted by molar-refractivity contribution is 7.89. The fourth-order valence-electron chi connectivity index (χ4n) is 2.17. The van der Waals surface area contributed by atoms with E-state index >= 15 is 0 Å².